The molecule has 0 heterocycles. The molecule has 0 aromatic heterocycles. The van der Waals surface area contributed by atoms with Gasteiger partial charge in [-0.3, -0.25) is 4.84 Å². The summed E-state index contributed by atoms with van der Waals surface area (Å²) in [6.45, 7) is 7.73. The number of carboxylic acid groups (broad SMARTS) is 1. The molecule has 0 aliphatic heterocycles. The van der Waals surface area contributed by atoms with Gasteiger partial charge in [-0.15, -0.1) is 0 Å². The van der Waals surface area contributed by atoms with Gasteiger partial charge in [0.05, 0.1) is 5.54 Å². The molecule has 1 aromatic carbocycles. The normalized spacial score (nSPS) is 11.3. The number of amides is 1. The maximum atomic E-state index is 11.1. The fraction of sp³-hybridized carbons (Fsp3) is 0.500. The standard InChI is InChI=1S/C14H21NO3/c1-5-11-8-6-7-9-12(11)10-18-15(13(16)17)14(2,3)4/h6-9H,5,10H2,1-4H3,(H,16,17). The van der Waals surface area contributed by atoms with E-state index in [0.717, 1.165) is 17.0 Å². The lowest BCUT2D eigenvalue weighted by atomic mass is 10.1. The summed E-state index contributed by atoms with van der Waals surface area (Å²) in [5.41, 5.74) is 1.62. The van der Waals surface area contributed by atoms with Crippen molar-refractivity contribution in [1.82, 2.24) is 5.06 Å². The first kappa shape index (κ1) is 14.5. The second kappa shape index (κ2) is 5.87. The van der Waals surface area contributed by atoms with Gasteiger partial charge in [0, 0.05) is 0 Å². The molecule has 0 saturated carbocycles. The van der Waals surface area contributed by atoms with Gasteiger partial charge in [0.2, 0.25) is 0 Å². The van der Waals surface area contributed by atoms with Crippen LogP contribution in [0.15, 0.2) is 24.3 Å². The Balaban J connectivity index is 2.77. The average Bonchev–Trinajstić information content (AvgIpc) is 2.27. The highest BCUT2D eigenvalue weighted by Gasteiger charge is 2.27. The molecule has 4 heteroatoms. The van der Waals surface area contributed by atoms with Crippen molar-refractivity contribution >= 4 is 6.09 Å². The molecule has 0 aliphatic carbocycles. The molecule has 1 rings (SSSR count). The summed E-state index contributed by atoms with van der Waals surface area (Å²) in [4.78, 5) is 16.6. The van der Waals surface area contributed by atoms with Crippen molar-refractivity contribution in [2.24, 2.45) is 0 Å². The van der Waals surface area contributed by atoms with Crippen molar-refractivity contribution in [1.29, 1.82) is 0 Å². The summed E-state index contributed by atoms with van der Waals surface area (Å²) < 4.78 is 0. The zero-order chi connectivity index (χ0) is 13.8. The van der Waals surface area contributed by atoms with Gasteiger partial charge in [-0.25, -0.2) is 4.79 Å². The van der Waals surface area contributed by atoms with Crippen molar-refractivity contribution in [3.05, 3.63) is 35.4 Å². The molecule has 100 valence electrons. The zero-order valence-electron chi connectivity index (χ0n) is 11.4. The summed E-state index contributed by atoms with van der Waals surface area (Å²) in [5.74, 6) is 0. The molecule has 1 aromatic rings. The van der Waals surface area contributed by atoms with Crippen molar-refractivity contribution in [2.45, 2.75) is 46.3 Å². The third-order valence-corrected chi connectivity index (χ3v) is 2.63. The van der Waals surface area contributed by atoms with E-state index in [9.17, 15) is 4.79 Å². The van der Waals surface area contributed by atoms with Gasteiger partial charge in [0.25, 0.3) is 0 Å². The molecule has 0 bridgehead atoms. The Morgan fingerprint density at radius 2 is 1.83 bits per heavy atom. The number of rotatable bonds is 4. The van der Waals surface area contributed by atoms with Crippen LogP contribution in [-0.2, 0) is 17.9 Å². The van der Waals surface area contributed by atoms with Crippen molar-refractivity contribution in [3.8, 4) is 0 Å². The largest absolute Gasteiger partial charge is 0.463 e. The predicted octanol–water partition coefficient (Wildman–Crippen LogP) is 3.46. The lowest BCUT2D eigenvalue weighted by Crippen LogP contribution is -2.44. The highest BCUT2D eigenvalue weighted by Crippen LogP contribution is 2.17. The number of hydrogen-bond donors (Lipinski definition) is 1. The summed E-state index contributed by atoms with van der Waals surface area (Å²) in [6, 6.07) is 7.89. The van der Waals surface area contributed by atoms with Gasteiger partial charge in [-0.05, 0) is 38.3 Å². The minimum Gasteiger partial charge on any atom is -0.463 e. The Kier molecular flexibility index (Phi) is 4.73. The van der Waals surface area contributed by atoms with E-state index in [4.69, 9.17) is 9.94 Å². The molecule has 0 fully saturated rings. The van der Waals surface area contributed by atoms with Crippen molar-refractivity contribution < 1.29 is 14.7 Å². The van der Waals surface area contributed by atoms with E-state index in [1.54, 1.807) is 20.8 Å². The Labute approximate surface area is 108 Å². The third kappa shape index (κ3) is 3.74. The summed E-state index contributed by atoms with van der Waals surface area (Å²) in [7, 11) is 0. The maximum Gasteiger partial charge on any atom is 0.431 e. The molecule has 1 amide bonds. The monoisotopic (exact) mass is 251 g/mol. The predicted molar refractivity (Wildman–Crippen MR) is 70.2 cm³/mol. The van der Waals surface area contributed by atoms with Crippen LogP contribution in [0.3, 0.4) is 0 Å². The molecule has 0 spiro atoms. The Hall–Kier alpha value is -1.55. The van der Waals surface area contributed by atoms with Crippen molar-refractivity contribution in [3.63, 3.8) is 0 Å². The minimum absolute atomic E-state index is 0.271. The van der Waals surface area contributed by atoms with Crippen LogP contribution in [0.25, 0.3) is 0 Å². The van der Waals surface area contributed by atoms with Crippen LogP contribution in [0.4, 0.5) is 4.79 Å². The third-order valence-electron chi connectivity index (χ3n) is 2.63. The van der Waals surface area contributed by atoms with Crippen LogP contribution in [0.5, 0.6) is 0 Å². The van der Waals surface area contributed by atoms with Gasteiger partial charge in [-0.2, -0.15) is 5.06 Å². The first-order chi connectivity index (χ1) is 8.36. The molecule has 0 saturated heterocycles. The Morgan fingerprint density at radius 3 is 2.28 bits per heavy atom. The number of aryl methyl sites for hydroxylation is 1. The van der Waals surface area contributed by atoms with Gasteiger partial charge >= 0.3 is 6.09 Å². The molecule has 0 radical (unpaired) electrons. The van der Waals surface area contributed by atoms with Crippen LogP contribution >= 0.6 is 0 Å². The van der Waals surface area contributed by atoms with E-state index in [-0.39, 0.29) is 6.61 Å². The van der Waals surface area contributed by atoms with Gasteiger partial charge in [0.1, 0.15) is 6.61 Å². The van der Waals surface area contributed by atoms with E-state index in [1.165, 1.54) is 5.56 Å². The molecule has 1 N–H and O–H groups in total. The molecule has 0 atom stereocenters. The molecule has 0 unspecified atom stereocenters. The van der Waals surface area contributed by atoms with Crippen LogP contribution < -0.4 is 0 Å². The van der Waals surface area contributed by atoms with Crippen LogP contribution in [0.2, 0.25) is 0 Å². The number of benzene rings is 1. The molecule has 18 heavy (non-hydrogen) atoms. The Morgan fingerprint density at radius 1 is 1.28 bits per heavy atom. The van der Waals surface area contributed by atoms with E-state index in [1.807, 2.05) is 24.3 Å². The van der Waals surface area contributed by atoms with Crippen LogP contribution in [-0.4, -0.2) is 21.8 Å². The maximum absolute atomic E-state index is 11.1. The zero-order valence-corrected chi connectivity index (χ0v) is 11.4. The summed E-state index contributed by atoms with van der Waals surface area (Å²) in [5, 5.41) is 10.1. The first-order valence-corrected chi connectivity index (χ1v) is 6.09. The molecule has 0 aliphatic rings. The molecular formula is C14H21NO3. The SMILES string of the molecule is CCc1ccccc1CON(C(=O)O)C(C)(C)C. The number of hydrogen-bond acceptors (Lipinski definition) is 2. The first-order valence-electron chi connectivity index (χ1n) is 6.09. The van der Waals surface area contributed by atoms with Crippen LogP contribution in [0, 0.1) is 0 Å². The number of nitrogens with zero attached hydrogens (tertiary/aromatic N) is 1. The van der Waals surface area contributed by atoms with E-state index >= 15 is 0 Å². The van der Waals surface area contributed by atoms with E-state index in [0.29, 0.717) is 0 Å². The lowest BCUT2D eigenvalue weighted by Gasteiger charge is -2.31. The van der Waals surface area contributed by atoms with Crippen molar-refractivity contribution in [2.75, 3.05) is 0 Å². The highest BCUT2D eigenvalue weighted by atomic mass is 16.7. The number of hydroxylamine groups is 2. The molecular weight excluding hydrogens is 230 g/mol. The van der Waals surface area contributed by atoms with Gasteiger partial charge < -0.3 is 5.11 Å². The highest BCUT2D eigenvalue weighted by molar-refractivity contribution is 5.64. The lowest BCUT2D eigenvalue weighted by molar-refractivity contribution is -0.187. The van der Waals surface area contributed by atoms with Gasteiger partial charge in [0.15, 0.2) is 0 Å². The quantitative estimate of drug-likeness (QED) is 0.834. The van der Waals surface area contributed by atoms with E-state index < -0.39 is 11.6 Å². The van der Waals surface area contributed by atoms with Gasteiger partial charge in [-0.1, -0.05) is 31.2 Å². The van der Waals surface area contributed by atoms with Crippen LogP contribution in [0.1, 0.15) is 38.8 Å². The average molecular weight is 251 g/mol. The smallest absolute Gasteiger partial charge is 0.431 e. The topological polar surface area (TPSA) is 49.8 Å². The second-order valence-electron chi connectivity index (χ2n) is 5.14. The summed E-state index contributed by atoms with van der Waals surface area (Å²) >= 11 is 0. The molecule has 4 nitrogen and oxygen atoms in total. The Bertz CT molecular complexity index is 410. The van der Waals surface area contributed by atoms with E-state index in [2.05, 4.69) is 6.92 Å². The fourth-order valence-corrected chi connectivity index (χ4v) is 1.71. The number of carbonyl (C=O) groups is 1. The second-order valence-corrected chi connectivity index (χ2v) is 5.14. The fourth-order valence-electron chi connectivity index (χ4n) is 1.71. The summed E-state index contributed by atoms with van der Waals surface area (Å²) in [6.07, 6.45) is -0.168. The minimum atomic E-state index is -1.07.